The smallest absolute Gasteiger partial charge is 0.396 e. The predicted molar refractivity (Wildman–Crippen MR) is 123 cm³/mol. The number of esters is 1. The zero-order valence-electron chi connectivity index (χ0n) is 17.6. The number of rotatable bonds is 4. The highest BCUT2D eigenvalue weighted by molar-refractivity contribution is 7.16. The average Bonchev–Trinajstić information content (AvgIpc) is 3.32. The Hall–Kier alpha value is -3.84. The number of furan rings is 1. The summed E-state index contributed by atoms with van der Waals surface area (Å²) < 4.78 is 22.7. The molecule has 32 heavy (non-hydrogen) atoms. The SMILES string of the molecule is COc1ccc(-c2cc(OC(=O)c3oc4cc(C)ccc4c3C)cc3sc(=O)oc23)cc1. The molecule has 0 unspecified atom stereocenters. The minimum atomic E-state index is -0.604. The van der Waals surface area contributed by atoms with Gasteiger partial charge in [0.1, 0.15) is 17.1 Å². The van der Waals surface area contributed by atoms with Gasteiger partial charge in [-0.15, -0.1) is 0 Å². The van der Waals surface area contributed by atoms with Gasteiger partial charge in [-0.05, 0) is 49.2 Å². The molecule has 0 saturated heterocycles. The van der Waals surface area contributed by atoms with Gasteiger partial charge in [0.15, 0.2) is 5.58 Å². The van der Waals surface area contributed by atoms with Crippen molar-refractivity contribution in [1.29, 1.82) is 0 Å². The van der Waals surface area contributed by atoms with Gasteiger partial charge in [-0.2, -0.15) is 0 Å². The van der Waals surface area contributed by atoms with E-state index in [9.17, 15) is 9.59 Å². The maximum absolute atomic E-state index is 12.9. The van der Waals surface area contributed by atoms with E-state index in [1.807, 2.05) is 56.3 Å². The number of ether oxygens (including phenoxy) is 2. The molecule has 0 atom stereocenters. The third-order valence-corrected chi connectivity index (χ3v) is 6.07. The zero-order chi connectivity index (χ0) is 22.4. The van der Waals surface area contributed by atoms with Crippen LogP contribution in [-0.4, -0.2) is 13.1 Å². The van der Waals surface area contributed by atoms with Crippen molar-refractivity contribution < 1.29 is 23.1 Å². The maximum Gasteiger partial charge on any atom is 0.396 e. The van der Waals surface area contributed by atoms with Gasteiger partial charge in [0.2, 0.25) is 5.76 Å². The van der Waals surface area contributed by atoms with Crippen LogP contribution < -0.4 is 14.4 Å². The van der Waals surface area contributed by atoms with Crippen LogP contribution in [0.4, 0.5) is 0 Å². The lowest BCUT2D eigenvalue weighted by molar-refractivity contribution is 0.0703. The average molecular weight is 446 g/mol. The molecular weight excluding hydrogens is 428 g/mol. The van der Waals surface area contributed by atoms with E-state index < -0.39 is 10.9 Å². The molecule has 0 fully saturated rings. The Bertz CT molecular complexity index is 1540. The van der Waals surface area contributed by atoms with Crippen LogP contribution in [0.1, 0.15) is 21.7 Å². The van der Waals surface area contributed by atoms with Crippen molar-refractivity contribution >= 4 is 38.6 Å². The number of aryl methyl sites for hydroxylation is 2. The number of hydrogen-bond donors (Lipinski definition) is 0. The van der Waals surface area contributed by atoms with Crippen LogP contribution in [0.5, 0.6) is 11.5 Å². The van der Waals surface area contributed by atoms with Gasteiger partial charge >= 0.3 is 10.9 Å². The van der Waals surface area contributed by atoms with Crippen LogP contribution in [-0.2, 0) is 0 Å². The van der Waals surface area contributed by atoms with Crippen LogP contribution in [0.2, 0.25) is 0 Å². The summed E-state index contributed by atoms with van der Waals surface area (Å²) in [5.41, 5.74) is 4.27. The molecule has 3 aromatic carbocycles. The lowest BCUT2D eigenvalue weighted by Crippen LogP contribution is -2.08. The molecule has 160 valence electrons. The Kier molecular flexibility index (Phi) is 4.83. The first-order valence-electron chi connectivity index (χ1n) is 9.87. The normalized spacial score (nSPS) is 11.2. The first-order chi connectivity index (χ1) is 15.4. The summed E-state index contributed by atoms with van der Waals surface area (Å²) in [6, 6.07) is 16.4. The fraction of sp³-hybridized carbons (Fsp3) is 0.120. The Balaban J connectivity index is 1.56. The number of hydrogen-bond acceptors (Lipinski definition) is 7. The van der Waals surface area contributed by atoms with Crippen molar-refractivity contribution in [3.05, 3.63) is 81.2 Å². The molecule has 0 N–H and O–H groups in total. The van der Waals surface area contributed by atoms with Gasteiger partial charge < -0.3 is 18.3 Å². The predicted octanol–water partition coefficient (Wildman–Crippen LogP) is 6.11. The van der Waals surface area contributed by atoms with E-state index in [1.165, 1.54) is 0 Å². The summed E-state index contributed by atoms with van der Waals surface area (Å²) in [5.74, 6) is 0.542. The van der Waals surface area contributed by atoms with Crippen molar-refractivity contribution in [2.24, 2.45) is 0 Å². The van der Waals surface area contributed by atoms with Gasteiger partial charge in [-0.25, -0.2) is 9.59 Å². The minimum absolute atomic E-state index is 0.150. The Labute approximate surface area is 186 Å². The fourth-order valence-electron chi connectivity index (χ4n) is 3.68. The summed E-state index contributed by atoms with van der Waals surface area (Å²) in [6.07, 6.45) is 0. The lowest BCUT2D eigenvalue weighted by atomic mass is 10.0. The summed E-state index contributed by atoms with van der Waals surface area (Å²) >= 11 is 0.953. The second kappa shape index (κ2) is 7.69. The lowest BCUT2D eigenvalue weighted by Gasteiger charge is -2.08. The number of methoxy groups -OCH3 is 1. The van der Waals surface area contributed by atoms with E-state index in [0.29, 0.717) is 32.9 Å². The van der Waals surface area contributed by atoms with E-state index in [4.69, 9.17) is 18.3 Å². The van der Waals surface area contributed by atoms with E-state index in [0.717, 1.165) is 33.4 Å². The molecule has 6 nitrogen and oxygen atoms in total. The van der Waals surface area contributed by atoms with Crippen molar-refractivity contribution in [3.63, 3.8) is 0 Å². The van der Waals surface area contributed by atoms with E-state index in [2.05, 4.69) is 0 Å². The molecular formula is C25H18O6S. The molecule has 0 aliphatic heterocycles. The molecule has 0 spiro atoms. The quantitative estimate of drug-likeness (QED) is 0.245. The third-order valence-electron chi connectivity index (χ3n) is 5.30. The molecule has 0 amide bonds. The standard InChI is InChI=1S/C25H18O6S/c1-13-4-9-18-14(2)22(30-20(18)10-13)24(26)29-17-11-19(15-5-7-16(28-3)8-6-15)23-21(12-17)32-25(27)31-23/h4-12H,1-3H3. The number of carbonyl (C=O) groups is 1. The molecule has 0 aliphatic carbocycles. The van der Waals surface area contributed by atoms with Gasteiger partial charge in [-0.1, -0.05) is 35.6 Å². The summed E-state index contributed by atoms with van der Waals surface area (Å²) in [6.45, 7) is 3.78. The molecule has 2 aromatic heterocycles. The number of benzene rings is 3. The second-order valence-corrected chi connectivity index (χ2v) is 8.40. The van der Waals surface area contributed by atoms with E-state index in [1.54, 1.807) is 19.2 Å². The summed E-state index contributed by atoms with van der Waals surface area (Å²) in [5, 5.41) is 0.866. The highest BCUT2D eigenvalue weighted by Gasteiger charge is 2.21. The second-order valence-electron chi connectivity index (χ2n) is 7.43. The fourth-order valence-corrected chi connectivity index (χ4v) is 4.40. The third kappa shape index (κ3) is 3.46. The Morgan fingerprint density at radius 2 is 1.72 bits per heavy atom. The van der Waals surface area contributed by atoms with Crippen molar-refractivity contribution in [3.8, 4) is 22.6 Å². The van der Waals surface area contributed by atoms with Crippen LogP contribution in [0.25, 0.3) is 32.4 Å². The summed E-state index contributed by atoms with van der Waals surface area (Å²) in [7, 11) is 1.59. The number of fused-ring (bicyclic) bond motifs is 2. The molecule has 5 aromatic rings. The van der Waals surface area contributed by atoms with Crippen LogP contribution in [0.3, 0.4) is 0 Å². The minimum Gasteiger partial charge on any atom is -0.497 e. The Morgan fingerprint density at radius 3 is 2.47 bits per heavy atom. The molecule has 0 aliphatic rings. The van der Waals surface area contributed by atoms with Gasteiger partial charge in [-0.3, -0.25) is 0 Å². The van der Waals surface area contributed by atoms with Crippen LogP contribution in [0, 0.1) is 13.8 Å². The molecule has 5 rings (SSSR count). The van der Waals surface area contributed by atoms with Crippen LogP contribution >= 0.6 is 11.3 Å². The van der Waals surface area contributed by atoms with Crippen molar-refractivity contribution in [2.75, 3.05) is 7.11 Å². The molecule has 2 heterocycles. The topological polar surface area (TPSA) is 78.9 Å². The molecule has 7 heteroatoms. The number of carbonyl (C=O) groups excluding carboxylic acids is 1. The van der Waals surface area contributed by atoms with Gasteiger partial charge in [0.05, 0.1) is 11.8 Å². The zero-order valence-corrected chi connectivity index (χ0v) is 18.4. The van der Waals surface area contributed by atoms with Crippen molar-refractivity contribution in [2.45, 2.75) is 13.8 Å². The van der Waals surface area contributed by atoms with Crippen molar-refractivity contribution in [1.82, 2.24) is 0 Å². The van der Waals surface area contributed by atoms with E-state index >= 15 is 0 Å². The first kappa shape index (κ1) is 20.1. The van der Waals surface area contributed by atoms with Gasteiger partial charge in [0.25, 0.3) is 0 Å². The summed E-state index contributed by atoms with van der Waals surface area (Å²) in [4.78, 5) is 24.4. The maximum atomic E-state index is 12.9. The molecule has 0 bridgehead atoms. The van der Waals surface area contributed by atoms with Gasteiger partial charge in [0, 0.05) is 22.6 Å². The molecule has 0 saturated carbocycles. The Morgan fingerprint density at radius 1 is 0.938 bits per heavy atom. The van der Waals surface area contributed by atoms with Crippen LogP contribution in [0.15, 0.2) is 68.2 Å². The first-order valence-corrected chi connectivity index (χ1v) is 10.7. The monoisotopic (exact) mass is 446 g/mol. The van der Waals surface area contributed by atoms with E-state index in [-0.39, 0.29) is 5.76 Å². The molecule has 0 radical (unpaired) electrons. The highest BCUT2D eigenvalue weighted by Crippen LogP contribution is 2.36. The largest absolute Gasteiger partial charge is 0.497 e. The highest BCUT2D eigenvalue weighted by atomic mass is 32.1.